The van der Waals surface area contributed by atoms with Crippen LogP contribution in [0.5, 0.6) is 0 Å². The Hall–Kier alpha value is -0.570. The Morgan fingerprint density at radius 2 is 1.87 bits per heavy atom. The van der Waals surface area contributed by atoms with Gasteiger partial charge in [-0.15, -0.1) is 0 Å². The Morgan fingerprint density at radius 3 is 2.40 bits per heavy atom. The van der Waals surface area contributed by atoms with Gasteiger partial charge in [0.15, 0.2) is 0 Å². The number of nitrogens with zero attached hydrogens (tertiary/aromatic N) is 1. The lowest BCUT2D eigenvalue weighted by Crippen LogP contribution is -2.38. The third-order valence-electron chi connectivity index (χ3n) is 4.01. The normalized spacial score (nSPS) is 33.6. The highest BCUT2D eigenvalue weighted by Gasteiger charge is 2.28. The quantitative estimate of drug-likeness (QED) is 0.317. The molecule has 3 heteroatoms. The zero-order valence-electron chi connectivity index (χ0n) is 9.71. The molecule has 0 aromatic rings. The number of nitrogens with one attached hydrogen (secondary N) is 1. The molecule has 3 nitrogen and oxygen atoms in total. The summed E-state index contributed by atoms with van der Waals surface area (Å²) in [7, 11) is 0. The molecule has 0 aromatic heterocycles. The van der Waals surface area contributed by atoms with Gasteiger partial charge in [0.25, 0.3) is 0 Å². The van der Waals surface area contributed by atoms with E-state index in [1.165, 1.54) is 44.9 Å². The molecule has 2 aliphatic rings. The number of rotatable bonds is 2. The van der Waals surface area contributed by atoms with Crippen LogP contribution >= 0.6 is 0 Å². The second kappa shape index (κ2) is 4.97. The maximum Gasteiger partial charge on any atom is 0.114 e. The lowest BCUT2D eigenvalue weighted by atomic mass is 9.97. The smallest absolute Gasteiger partial charge is 0.114 e. The predicted molar refractivity (Wildman–Crippen MR) is 63.5 cm³/mol. The van der Waals surface area contributed by atoms with Crippen LogP contribution < -0.4 is 11.3 Å². The van der Waals surface area contributed by atoms with Gasteiger partial charge in [-0.25, -0.2) is 5.84 Å². The van der Waals surface area contributed by atoms with Gasteiger partial charge in [0, 0.05) is 5.92 Å². The highest BCUT2D eigenvalue weighted by atomic mass is 15.3. The van der Waals surface area contributed by atoms with E-state index in [1.807, 2.05) is 0 Å². The van der Waals surface area contributed by atoms with E-state index in [0.717, 1.165) is 11.8 Å². The first kappa shape index (κ1) is 10.9. The minimum atomic E-state index is 0.545. The summed E-state index contributed by atoms with van der Waals surface area (Å²) in [5.41, 5.74) is 2.85. The molecule has 0 aliphatic heterocycles. The predicted octanol–water partition coefficient (Wildman–Crippen LogP) is 2.23. The number of amidine groups is 1. The van der Waals surface area contributed by atoms with Crippen LogP contribution in [0, 0.1) is 11.8 Å². The van der Waals surface area contributed by atoms with Crippen molar-refractivity contribution in [2.24, 2.45) is 22.7 Å². The van der Waals surface area contributed by atoms with Crippen molar-refractivity contribution >= 4 is 5.84 Å². The molecule has 0 amide bonds. The zero-order valence-corrected chi connectivity index (χ0v) is 9.71. The van der Waals surface area contributed by atoms with Crippen molar-refractivity contribution in [1.29, 1.82) is 0 Å². The molecule has 0 saturated heterocycles. The maximum atomic E-state index is 5.61. The number of hydrazine groups is 1. The Balaban J connectivity index is 2.01. The molecule has 15 heavy (non-hydrogen) atoms. The number of nitrogens with two attached hydrogens (primary N) is 1. The molecule has 86 valence electrons. The number of hydrogen-bond acceptors (Lipinski definition) is 2. The number of aliphatic imine (C=N–C) groups is 1. The van der Waals surface area contributed by atoms with E-state index in [4.69, 9.17) is 10.8 Å². The Morgan fingerprint density at radius 1 is 1.13 bits per heavy atom. The molecule has 2 rings (SSSR count). The van der Waals surface area contributed by atoms with E-state index >= 15 is 0 Å². The largest absolute Gasteiger partial charge is 0.312 e. The van der Waals surface area contributed by atoms with E-state index in [-0.39, 0.29) is 0 Å². The van der Waals surface area contributed by atoms with Crippen LogP contribution in [0.1, 0.15) is 51.9 Å². The lowest BCUT2D eigenvalue weighted by Gasteiger charge is -2.19. The highest BCUT2D eigenvalue weighted by molar-refractivity contribution is 5.84. The molecule has 2 aliphatic carbocycles. The topological polar surface area (TPSA) is 50.4 Å². The first-order chi connectivity index (χ1) is 7.31. The second-order valence-electron chi connectivity index (χ2n) is 5.11. The van der Waals surface area contributed by atoms with Crippen molar-refractivity contribution in [2.45, 2.75) is 57.9 Å². The van der Waals surface area contributed by atoms with Crippen molar-refractivity contribution in [2.75, 3.05) is 0 Å². The van der Waals surface area contributed by atoms with Crippen LogP contribution in [0.4, 0.5) is 0 Å². The molecule has 2 saturated carbocycles. The lowest BCUT2D eigenvalue weighted by molar-refractivity contribution is 0.512. The summed E-state index contributed by atoms with van der Waals surface area (Å²) in [6.45, 7) is 2.32. The van der Waals surface area contributed by atoms with Crippen LogP contribution in [0.25, 0.3) is 0 Å². The maximum absolute atomic E-state index is 5.61. The van der Waals surface area contributed by atoms with Gasteiger partial charge >= 0.3 is 0 Å². The van der Waals surface area contributed by atoms with Crippen LogP contribution in [0.15, 0.2) is 4.99 Å². The molecule has 0 heterocycles. The molecule has 0 bridgehead atoms. The Kier molecular flexibility index (Phi) is 3.62. The zero-order chi connectivity index (χ0) is 10.7. The average Bonchev–Trinajstić information content (AvgIpc) is 2.85. The van der Waals surface area contributed by atoms with Gasteiger partial charge in [-0.3, -0.25) is 4.99 Å². The van der Waals surface area contributed by atoms with Gasteiger partial charge < -0.3 is 5.43 Å². The van der Waals surface area contributed by atoms with Gasteiger partial charge in [-0.2, -0.15) is 0 Å². The van der Waals surface area contributed by atoms with Gasteiger partial charge in [-0.05, 0) is 31.6 Å². The van der Waals surface area contributed by atoms with E-state index in [0.29, 0.717) is 12.0 Å². The summed E-state index contributed by atoms with van der Waals surface area (Å²) < 4.78 is 0. The van der Waals surface area contributed by atoms with Crippen molar-refractivity contribution in [3.63, 3.8) is 0 Å². The molecule has 0 aromatic carbocycles. The third-order valence-corrected chi connectivity index (χ3v) is 4.01. The first-order valence-corrected chi connectivity index (χ1v) is 6.35. The van der Waals surface area contributed by atoms with E-state index < -0.39 is 0 Å². The van der Waals surface area contributed by atoms with Crippen molar-refractivity contribution in [1.82, 2.24) is 5.43 Å². The molecule has 0 radical (unpaired) electrons. The van der Waals surface area contributed by atoms with Crippen molar-refractivity contribution in [3.05, 3.63) is 0 Å². The Bertz CT molecular complexity index is 231. The number of hydrogen-bond donors (Lipinski definition) is 2. The standard InChI is InChI=1S/C12H23N3/c1-9-5-4-8-11(9)12(15-13)14-10-6-2-3-7-10/h9-11H,2-8,13H2,1H3,(H,14,15). The van der Waals surface area contributed by atoms with Gasteiger partial charge in [0.05, 0.1) is 6.04 Å². The van der Waals surface area contributed by atoms with Crippen molar-refractivity contribution < 1.29 is 0 Å². The SMILES string of the molecule is CC1CCCC1C(=NC1CCCC1)NN. The molecule has 2 fully saturated rings. The summed E-state index contributed by atoms with van der Waals surface area (Å²) in [5.74, 6) is 8.03. The van der Waals surface area contributed by atoms with Crippen LogP contribution in [-0.4, -0.2) is 11.9 Å². The second-order valence-corrected chi connectivity index (χ2v) is 5.11. The monoisotopic (exact) mass is 209 g/mol. The fraction of sp³-hybridized carbons (Fsp3) is 0.917. The van der Waals surface area contributed by atoms with Gasteiger partial charge in [0.2, 0.25) is 0 Å². The molecule has 0 spiro atoms. The summed E-state index contributed by atoms with van der Waals surface area (Å²) in [5, 5.41) is 0. The Labute approximate surface area is 92.5 Å². The summed E-state index contributed by atoms with van der Waals surface area (Å²) >= 11 is 0. The first-order valence-electron chi connectivity index (χ1n) is 6.35. The summed E-state index contributed by atoms with van der Waals surface area (Å²) in [4.78, 5) is 4.81. The van der Waals surface area contributed by atoms with Crippen LogP contribution in [0.2, 0.25) is 0 Å². The van der Waals surface area contributed by atoms with Gasteiger partial charge in [-0.1, -0.05) is 26.2 Å². The molecule has 2 unspecified atom stereocenters. The van der Waals surface area contributed by atoms with E-state index in [1.54, 1.807) is 0 Å². The molecule has 2 atom stereocenters. The van der Waals surface area contributed by atoms with Crippen LogP contribution in [0.3, 0.4) is 0 Å². The van der Waals surface area contributed by atoms with Gasteiger partial charge in [0.1, 0.15) is 5.84 Å². The molecular formula is C12H23N3. The fourth-order valence-corrected chi connectivity index (χ4v) is 3.02. The van der Waals surface area contributed by atoms with E-state index in [9.17, 15) is 0 Å². The summed E-state index contributed by atoms with van der Waals surface area (Å²) in [6.07, 6.45) is 9.11. The minimum absolute atomic E-state index is 0.545. The average molecular weight is 209 g/mol. The fourth-order valence-electron chi connectivity index (χ4n) is 3.02. The minimum Gasteiger partial charge on any atom is -0.312 e. The van der Waals surface area contributed by atoms with Crippen molar-refractivity contribution in [3.8, 4) is 0 Å². The van der Waals surface area contributed by atoms with Crippen LogP contribution in [-0.2, 0) is 0 Å². The third kappa shape index (κ3) is 2.51. The molecular weight excluding hydrogens is 186 g/mol. The van der Waals surface area contributed by atoms with E-state index in [2.05, 4.69) is 12.3 Å². The summed E-state index contributed by atoms with van der Waals surface area (Å²) in [6, 6.07) is 0.545. The molecule has 3 N–H and O–H groups in total. The highest BCUT2D eigenvalue weighted by Crippen LogP contribution is 2.32.